The Morgan fingerprint density at radius 3 is 2.95 bits per heavy atom. The van der Waals surface area contributed by atoms with Gasteiger partial charge in [-0.25, -0.2) is 0 Å². The summed E-state index contributed by atoms with van der Waals surface area (Å²) in [5.74, 6) is 0.937. The van der Waals surface area contributed by atoms with E-state index in [1.807, 2.05) is 24.3 Å². The zero-order valence-corrected chi connectivity index (χ0v) is 12.1. The molecule has 3 N–H and O–H groups in total. The minimum absolute atomic E-state index is 0.138. The summed E-state index contributed by atoms with van der Waals surface area (Å²) in [6.45, 7) is 2.77. The molecule has 4 heteroatoms. The lowest BCUT2D eigenvalue weighted by Crippen LogP contribution is -2.23. The van der Waals surface area contributed by atoms with Crippen molar-refractivity contribution in [3.63, 3.8) is 0 Å². The fraction of sp³-hybridized carbons (Fsp3) is 0.562. The van der Waals surface area contributed by atoms with Crippen LogP contribution in [0.15, 0.2) is 29.4 Å². The van der Waals surface area contributed by atoms with E-state index in [-0.39, 0.29) is 5.84 Å². The van der Waals surface area contributed by atoms with E-state index < -0.39 is 0 Å². The first-order valence-electron chi connectivity index (χ1n) is 7.42. The Morgan fingerprint density at radius 1 is 1.40 bits per heavy atom. The van der Waals surface area contributed by atoms with Gasteiger partial charge in [-0.15, -0.1) is 0 Å². The maximum atomic E-state index is 8.82. The number of oxime groups is 1. The maximum absolute atomic E-state index is 8.82. The Labute approximate surface area is 120 Å². The summed E-state index contributed by atoms with van der Waals surface area (Å²) in [6, 6.07) is 7.64. The van der Waals surface area contributed by atoms with Gasteiger partial charge >= 0.3 is 0 Å². The lowest BCUT2D eigenvalue weighted by Gasteiger charge is -2.28. The third kappa shape index (κ3) is 3.73. The summed E-state index contributed by atoms with van der Waals surface area (Å²) >= 11 is 0. The van der Waals surface area contributed by atoms with Crippen LogP contribution in [0.3, 0.4) is 0 Å². The van der Waals surface area contributed by atoms with Crippen LogP contribution < -0.4 is 5.73 Å². The van der Waals surface area contributed by atoms with Crippen LogP contribution in [0.25, 0.3) is 0 Å². The molecule has 2 rings (SSSR count). The summed E-state index contributed by atoms with van der Waals surface area (Å²) < 4.78 is 6.04. The van der Waals surface area contributed by atoms with Crippen molar-refractivity contribution in [3.05, 3.63) is 35.4 Å². The number of amidine groups is 1. The molecule has 4 nitrogen and oxygen atoms in total. The van der Waals surface area contributed by atoms with E-state index in [0.717, 1.165) is 29.9 Å². The van der Waals surface area contributed by atoms with Crippen molar-refractivity contribution < 1.29 is 9.94 Å². The molecule has 1 aliphatic carbocycles. The highest BCUT2D eigenvalue weighted by molar-refractivity contribution is 5.98. The van der Waals surface area contributed by atoms with Crippen molar-refractivity contribution in [2.75, 3.05) is 0 Å². The van der Waals surface area contributed by atoms with E-state index in [9.17, 15) is 0 Å². The molecule has 1 aromatic rings. The monoisotopic (exact) mass is 276 g/mol. The molecule has 0 heterocycles. The molecule has 2 atom stereocenters. The molecule has 110 valence electrons. The molecule has 0 aliphatic heterocycles. The molecule has 1 aliphatic rings. The zero-order chi connectivity index (χ0) is 14.4. The molecule has 0 bridgehead atoms. The second-order valence-electron chi connectivity index (χ2n) is 5.52. The lowest BCUT2D eigenvalue weighted by molar-refractivity contribution is 0.00171. The van der Waals surface area contributed by atoms with Crippen molar-refractivity contribution in [2.45, 2.75) is 51.7 Å². The summed E-state index contributed by atoms with van der Waals surface area (Å²) in [5, 5.41) is 11.9. The Bertz CT molecular complexity index is 460. The van der Waals surface area contributed by atoms with Crippen LogP contribution in [0.2, 0.25) is 0 Å². The van der Waals surface area contributed by atoms with E-state index in [4.69, 9.17) is 15.7 Å². The first kappa shape index (κ1) is 14.9. The van der Waals surface area contributed by atoms with E-state index in [0.29, 0.717) is 12.7 Å². The largest absolute Gasteiger partial charge is 0.409 e. The minimum Gasteiger partial charge on any atom is -0.409 e. The summed E-state index contributed by atoms with van der Waals surface area (Å²) in [6.07, 6.45) is 6.46. The molecule has 20 heavy (non-hydrogen) atoms. The number of benzene rings is 1. The second-order valence-corrected chi connectivity index (χ2v) is 5.52. The van der Waals surface area contributed by atoms with Gasteiger partial charge in [0.2, 0.25) is 0 Å². The molecule has 1 fully saturated rings. The predicted molar refractivity (Wildman–Crippen MR) is 79.8 cm³/mol. The number of hydrogen-bond donors (Lipinski definition) is 2. The number of rotatable bonds is 5. The van der Waals surface area contributed by atoms with Crippen molar-refractivity contribution >= 4 is 5.84 Å². The Kier molecular flexibility index (Phi) is 5.41. The third-order valence-corrected chi connectivity index (χ3v) is 4.19. The van der Waals surface area contributed by atoms with Crippen LogP contribution >= 0.6 is 0 Å². The van der Waals surface area contributed by atoms with Gasteiger partial charge in [0.05, 0.1) is 12.7 Å². The van der Waals surface area contributed by atoms with Crippen molar-refractivity contribution in [3.8, 4) is 0 Å². The molecule has 0 saturated heterocycles. The van der Waals surface area contributed by atoms with Gasteiger partial charge in [0.1, 0.15) is 0 Å². The number of nitrogens with zero attached hydrogens (tertiary/aromatic N) is 1. The first-order valence-corrected chi connectivity index (χ1v) is 7.42. The van der Waals surface area contributed by atoms with Crippen LogP contribution in [0.4, 0.5) is 0 Å². The Balaban J connectivity index is 1.97. The van der Waals surface area contributed by atoms with Gasteiger partial charge in [0.25, 0.3) is 0 Å². The van der Waals surface area contributed by atoms with E-state index >= 15 is 0 Å². The average molecular weight is 276 g/mol. The SMILES string of the molecule is CCC1CCCC(OCc2ccccc2C(N)=NO)C1. The highest BCUT2D eigenvalue weighted by atomic mass is 16.5. The van der Waals surface area contributed by atoms with Gasteiger partial charge in [-0.3, -0.25) is 0 Å². The third-order valence-electron chi connectivity index (χ3n) is 4.19. The topological polar surface area (TPSA) is 67.8 Å². The standard InChI is InChI=1S/C16H24N2O2/c1-2-12-6-5-8-14(10-12)20-11-13-7-3-4-9-15(13)16(17)18-19/h3-4,7,9,12,14,19H,2,5-6,8,10-11H2,1H3,(H2,17,18). The highest BCUT2D eigenvalue weighted by Gasteiger charge is 2.21. The molecule has 1 saturated carbocycles. The molecule has 1 aromatic carbocycles. The van der Waals surface area contributed by atoms with Crippen molar-refractivity contribution in [1.29, 1.82) is 0 Å². The van der Waals surface area contributed by atoms with Crippen LogP contribution in [0, 0.1) is 5.92 Å². The Morgan fingerprint density at radius 2 is 2.20 bits per heavy atom. The highest BCUT2D eigenvalue weighted by Crippen LogP contribution is 2.29. The number of ether oxygens (including phenoxy) is 1. The van der Waals surface area contributed by atoms with E-state index in [1.54, 1.807) is 0 Å². The van der Waals surface area contributed by atoms with Gasteiger partial charge in [-0.1, -0.05) is 55.6 Å². The van der Waals surface area contributed by atoms with E-state index in [2.05, 4.69) is 12.1 Å². The summed E-state index contributed by atoms with van der Waals surface area (Å²) in [4.78, 5) is 0. The summed E-state index contributed by atoms with van der Waals surface area (Å²) in [7, 11) is 0. The first-order chi connectivity index (χ1) is 9.74. The van der Waals surface area contributed by atoms with Crippen LogP contribution in [-0.4, -0.2) is 17.1 Å². The van der Waals surface area contributed by atoms with Crippen molar-refractivity contribution in [2.24, 2.45) is 16.8 Å². The fourth-order valence-corrected chi connectivity index (χ4v) is 2.92. The summed E-state index contributed by atoms with van der Waals surface area (Å²) in [5.41, 5.74) is 7.41. The number of hydrogen-bond acceptors (Lipinski definition) is 3. The van der Waals surface area contributed by atoms with Gasteiger partial charge in [0, 0.05) is 5.56 Å². The number of nitrogens with two attached hydrogens (primary N) is 1. The minimum atomic E-state index is 0.138. The van der Waals surface area contributed by atoms with Crippen molar-refractivity contribution in [1.82, 2.24) is 0 Å². The normalized spacial score (nSPS) is 23.8. The van der Waals surface area contributed by atoms with Crippen LogP contribution in [0.5, 0.6) is 0 Å². The smallest absolute Gasteiger partial charge is 0.170 e. The zero-order valence-electron chi connectivity index (χ0n) is 12.1. The molecule has 0 spiro atoms. The van der Waals surface area contributed by atoms with Gasteiger partial charge in [-0.05, 0) is 24.3 Å². The molecule has 0 aromatic heterocycles. The van der Waals surface area contributed by atoms with Gasteiger partial charge in [0.15, 0.2) is 5.84 Å². The molecular formula is C16H24N2O2. The van der Waals surface area contributed by atoms with Gasteiger partial charge in [-0.2, -0.15) is 0 Å². The fourth-order valence-electron chi connectivity index (χ4n) is 2.92. The maximum Gasteiger partial charge on any atom is 0.170 e. The lowest BCUT2D eigenvalue weighted by atomic mass is 9.85. The second kappa shape index (κ2) is 7.29. The van der Waals surface area contributed by atoms with Crippen LogP contribution in [-0.2, 0) is 11.3 Å². The molecule has 0 radical (unpaired) electrons. The van der Waals surface area contributed by atoms with Gasteiger partial charge < -0.3 is 15.7 Å². The van der Waals surface area contributed by atoms with E-state index in [1.165, 1.54) is 19.3 Å². The van der Waals surface area contributed by atoms with Crippen LogP contribution in [0.1, 0.15) is 50.2 Å². The Hall–Kier alpha value is -1.55. The molecule has 2 unspecified atom stereocenters. The quantitative estimate of drug-likeness (QED) is 0.375. The molecular weight excluding hydrogens is 252 g/mol. The average Bonchev–Trinajstić information content (AvgIpc) is 2.52. The predicted octanol–water partition coefficient (Wildman–Crippen LogP) is 3.27. The molecule has 0 amide bonds.